The zero-order valence-electron chi connectivity index (χ0n) is 15.6. The molecular formula is C22H23O4P. The van der Waals surface area contributed by atoms with Crippen molar-refractivity contribution >= 4 is 17.8 Å². The minimum atomic E-state index is -3.44. The summed E-state index contributed by atoms with van der Waals surface area (Å²) in [4.78, 5) is 0. The molecule has 3 aromatic rings. The summed E-state index contributed by atoms with van der Waals surface area (Å²) in [5.74, 6) is -0.411. The zero-order valence-corrected chi connectivity index (χ0v) is 16.5. The average molecular weight is 382 g/mol. The van der Waals surface area contributed by atoms with Crippen LogP contribution in [0.15, 0.2) is 72.8 Å². The third kappa shape index (κ3) is 3.51. The lowest BCUT2D eigenvalue weighted by Crippen LogP contribution is -2.22. The van der Waals surface area contributed by atoms with E-state index in [9.17, 15) is 9.67 Å². The smallest absolute Gasteiger partial charge is 0.174 e. The molecule has 1 N–H and O–H groups in total. The Kier molecular flexibility index (Phi) is 5.69. The summed E-state index contributed by atoms with van der Waals surface area (Å²) in [6, 6.07) is 21.7. The Labute approximate surface area is 159 Å². The summed E-state index contributed by atoms with van der Waals surface area (Å²) in [5, 5.41) is 12.6. The Bertz CT molecular complexity index is 886. The van der Waals surface area contributed by atoms with Gasteiger partial charge in [-0.2, -0.15) is 0 Å². The van der Waals surface area contributed by atoms with E-state index in [4.69, 9.17) is 9.47 Å². The lowest BCUT2D eigenvalue weighted by atomic mass is 10.1. The summed E-state index contributed by atoms with van der Waals surface area (Å²) >= 11 is 0. The molecule has 27 heavy (non-hydrogen) atoms. The summed E-state index contributed by atoms with van der Waals surface area (Å²) in [5.41, 5.74) is 1.32. The number of ether oxygens (including phenoxy) is 2. The van der Waals surface area contributed by atoms with Gasteiger partial charge in [0.1, 0.15) is 17.3 Å². The molecule has 0 aromatic heterocycles. The Hall–Kier alpha value is -2.55. The maximum absolute atomic E-state index is 14.4. The standard InChI is InChI=1S/C22H23O4P/c1-16-14-19(25-2)21(20(15-16)26-3)22(23)27(24,17-10-6-4-7-11-17)18-12-8-5-9-13-18/h4-15,22-23H,1-3H3. The number of hydrogen-bond acceptors (Lipinski definition) is 4. The van der Waals surface area contributed by atoms with Crippen LogP contribution in [0, 0.1) is 6.92 Å². The molecule has 0 bridgehead atoms. The number of aryl methyl sites for hydroxylation is 1. The average Bonchev–Trinajstić information content (AvgIpc) is 2.73. The molecule has 0 fully saturated rings. The minimum Gasteiger partial charge on any atom is -0.496 e. The topological polar surface area (TPSA) is 55.8 Å². The molecule has 1 unspecified atom stereocenters. The van der Waals surface area contributed by atoms with E-state index >= 15 is 0 Å². The first-order chi connectivity index (χ1) is 13.0. The van der Waals surface area contributed by atoms with Crippen LogP contribution in [0.25, 0.3) is 0 Å². The van der Waals surface area contributed by atoms with Crippen LogP contribution in [0.1, 0.15) is 17.0 Å². The van der Waals surface area contributed by atoms with Crippen LogP contribution in [-0.2, 0) is 4.57 Å². The van der Waals surface area contributed by atoms with Crippen molar-refractivity contribution in [3.05, 3.63) is 83.9 Å². The van der Waals surface area contributed by atoms with Crippen LogP contribution >= 0.6 is 7.14 Å². The molecule has 0 heterocycles. The van der Waals surface area contributed by atoms with Gasteiger partial charge < -0.3 is 19.1 Å². The SMILES string of the molecule is COc1cc(C)cc(OC)c1C(O)P(=O)(c1ccccc1)c1ccccc1. The van der Waals surface area contributed by atoms with Crippen molar-refractivity contribution in [3.8, 4) is 11.5 Å². The van der Waals surface area contributed by atoms with Crippen LogP contribution in [0.4, 0.5) is 0 Å². The van der Waals surface area contributed by atoms with Crippen molar-refractivity contribution in [2.75, 3.05) is 14.2 Å². The highest BCUT2D eigenvalue weighted by Crippen LogP contribution is 2.59. The molecule has 0 aliphatic rings. The monoisotopic (exact) mass is 382 g/mol. The van der Waals surface area contributed by atoms with Crippen molar-refractivity contribution in [1.29, 1.82) is 0 Å². The fourth-order valence-corrected chi connectivity index (χ4v) is 5.95. The fourth-order valence-electron chi connectivity index (χ4n) is 3.24. The number of aliphatic hydroxyl groups is 1. The first-order valence-corrected chi connectivity index (χ1v) is 10.4. The Morgan fingerprint density at radius 1 is 0.815 bits per heavy atom. The van der Waals surface area contributed by atoms with E-state index in [0.29, 0.717) is 27.7 Å². The van der Waals surface area contributed by atoms with Gasteiger partial charge in [0.25, 0.3) is 0 Å². The minimum absolute atomic E-state index is 0.390. The second kappa shape index (κ2) is 7.99. The van der Waals surface area contributed by atoms with E-state index in [1.807, 2.05) is 43.3 Å². The summed E-state index contributed by atoms with van der Waals surface area (Å²) < 4.78 is 25.4. The largest absolute Gasteiger partial charge is 0.496 e. The molecule has 0 saturated carbocycles. The Morgan fingerprint density at radius 2 is 1.22 bits per heavy atom. The van der Waals surface area contributed by atoms with E-state index in [2.05, 4.69) is 0 Å². The summed E-state index contributed by atoms with van der Waals surface area (Å²) in [6.07, 6.45) is 0. The summed E-state index contributed by atoms with van der Waals surface area (Å²) in [7, 11) is -0.380. The lowest BCUT2D eigenvalue weighted by Gasteiger charge is -2.27. The van der Waals surface area contributed by atoms with E-state index in [-0.39, 0.29) is 0 Å². The molecule has 3 rings (SSSR count). The maximum atomic E-state index is 14.4. The Morgan fingerprint density at radius 3 is 1.59 bits per heavy atom. The van der Waals surface area contributed by atoms with Crippen LogP contribution in [0.2, 0.25) is 0 Å². The van der Waals surface area contributed by atoms with E-state index < -0.39 is 13.0 Å². The third-order valence-electron chi connectivity index (χ3n) is 4.57. The fraction of sp³-hybridized carbons (Fsp3) is 0.182. The van der Waals surface area contributed by atoms with Crippen LogP contribution in [-0.4, -0.2) is 19.3 Å². The number of aliphatic hydroxyl groups excluding tert-OH is 1. The van der Waals surface area contributed by atoms with Gasteiger partial charge in [-0.3, -0.25) is 0 Å². The molecule has 0 aliphatic carbocycles. The highest BCUT2D eigenvalue weighted by atomic mass is 31.2. The Balaban J connectivity index is 2.28. The predicted octanol–water partition coefficient (Wildman–Crippen LogP) is 4.02. The maximum Gasteiger partial charge on any atom is 0.174 e. The number of methoxy groups -OCH3 is 2. The highest BCUT2D eigenvalue weighted by molar-refractivity contribution is 7.78. The van der Waals surface area contributed by atoms with Gasteiger partial charge in [0.15, 0.2) is 7.14 Å². The van der Waals surface area contributed by atoms with Crippen molar-refractivity contribution in [2.24, 2.45) is 0 Å². The molecule has 0 radical (unpaired) electrons. The normalized spacial score (nSPS) is 12.4. The molecule has 0 amide bonds. The molecule has 4 nitrogen and oxygen atoms in total. The quantitative estimate of drug-likeness (QED) is 0.655. The summed E-state index contributed by atoms with van der Waals surface area (Å²) in [6.45, 7) is 1.91. The molecule has 0 saturated heterocycles. The van der Waals surface area contributed by atoms with Gasteiger partial charge in [-0.15, -0.1) is 0 Å². The van der Waals surface area contributed by atoms with Gasteiger partial charge in [-0.1, -0.05) is 60.7 Å². The number of rotatable bonds is 6. The molecule has 140 valence electrons. The van der Waals surface area contributed by atoms with Crippen molar-refractivity contribution in [3.63, 3.8) is 0 Å². The molecule has 0 spiro atoms. The van der Waals surface area contributed by atoms with Crippen LogP contribution in [0.5, 0.6) is 11.5 Å². The zero-order chi connectivity index (χ0) is 19.4. The first kappa shape index (κ1) is 19.2. The van der Waals surface area contributed by atoms with E-state index in [1.165, 1.54) is 14.2 Å². The highest BCUT2D eigenvalue weighted by Gasteiger charge is 2.39. The number of hydrogen-bond donors (Lipinski definition) is 1. The van der Waals surface area contributed by atoms with Gasteiger partial charge in [0.05, 0.1) is 19.8 Å². The van der Waals surface area contributed by atoms with Gasteiger partial charge in [-0.05, 0) is 24.6 Å². The molecule has 5 heteroatoms. The molecule has 3 aromatic carbocycles. The van der Waals surface area contributed by atoms with Crippen molar-refractivity contribution in [1.82, 2.24) is 0 Å². The lowest BCUT2D eigenvalue weighted by molar-refractivity contribution is 0.243. The van der Waals surface area contributed by atoms with E-state index in [1.54, 1.807) is 36.4 Å². The molecule has 1 atom stereocenters. The third-order valence-corrected chi connectivity index (χ3v) is 7.65. The van der Waals surface area contributed by atoms with E-state index in [0.717, 1.165) is 5.56 Å². The van der Waals surface area contributed by atoms with Gasteiger partial charge >= 0.3 is 0 Å². The molecular weight excluding hydrogens is 359 g/mol. The van der Waals surface area contributed by atoms with Gasteiger partial charge in [0.2, 0.25) is 0 Å². The predicted molar refractivity (Wildman–Crippen MR) is 109 cm³/mol. The first-order valence-electron chi connectivity index (χ1n) is 8.64. The number of benzene rings is 3. The van der Waals surface area contributed by atoms with Crippen molar-refractivity contribution < 1.29 is 19.1 Å². The van der Waals surface area contributed by atoms with Gasteiger partial charge in [0, 0.05) is 10.6 Å². The van der Waals surface area contributed by atoms with Crippen LogP contribution in [0.3, 0.4) is 0 Å². The second-order valence-electron chi connectivity index (χ2n) is 6.29. The molecule has 0 aliphatic heterocycles. The van der Waals surface area contributed by atoms with Crippen molar-refractivity contribution in [2.45, 2.75) is 12.8 Å². The second-order valence-corrected chi connectivity index (χ2v) is 9.12. The van der Waals surface area contributed by atoms with Crippen LogP contribution < -0.4 is 20.1 Å². The van der Waals surface area contributed by atoms with Gasteiger partial charge in [-0.25, -0.2) is 0 Å².